The molecule has 6 rings (SSSR count). The number of aromatic amines is 1. The van der Waals surface area contributed by atoms with Crippen molar-refractivity contribution in [2.24, 2.45) is 5.18 Å². The first kappa shape index (κ1) is 22.4. The average Bonchev–Trinajstić information content (AvgIpc) is 3.28. The van der Waals surface area contributed by atoms with E-state index < -0.39 is 0 Å². The summed E-state index contributed by atoms with van der Waals surface area (Å²) in [6.45, 7) is 10.1. The van der Waals surface area contributed by atoms with Crippen molar-refractivity contribution in [1.29, 1.82) is 0 Å². The van der Waals surface area contributed by atoms with Gasteiger partial charge >= 0.3 is 0 Å². The minimum atomic E-state index is -0.384. The van der Waals surface area contributed by atoms with Gasteiger partial charge in [-0.15, -0.1) is 0 Å². The van der Waals surface area contributed by atoms with Crippen molar-refractivity contribution in [2.75, 3.05) is 44.3 Å². The van der Waals surface area contributed by atoms with Gasteiger partial charge in [-0.1, -0.05) is 31.2 Å². The number of carbonyl (C=O) groups excluding carboxylic acids is 1. The van der Waals surface area contributed by atoms with E-state index in [-0.39, 0.29) is 17.7 Å². The Balaban J connectivity index is 1.30. The highest BCUT2D eigenvalue weighted by molar-refractivity contribution is 6.20. The third-order valence-corrected chi connectivity index (χ3v) is 8.12. The van der Waals surface area contributed by atoms with Crippen LogP contribution in [0.3, 0.4) is 0 Å². The molecule has 2 fully saturated rings. The fourth-order valence-corrected chi connectivity index (χ4v) is 6.11. The Labute approximate surface area is 204 Å². The lowest BCUT2D eigenvalue weighted by Crippen LogP contribution is -2.49. The van der Waals surface area contributed by atoms with Crippen molar-refractivity contribution in [2.45, 2.75) is 44.7 Å². The molecule has 1 aromatic carbocycles. The van der Waals surface area contributed by atoms with Crippen LogP contribution in [0.5, 0.6) is 0 Å². The number of hydrogen-bond acceptors (Lipinski definition) is 7. The summed E-state index contributed by atoms with van der Waals surface area (Å²) in [5.41, 5.74) is 4.63. The zero-order valence-electron chi connectivity index (χ0n) is 20.3. The summed E-state index contributed by atoms with van der Waals surface area (Å²) in [6, 6.07) is 8.45. The molecule has 4 heterocycles. The molecule has 0 amide bonds. The van der Waals surface area contributed by atoms with Crippen LogP contribution in [0.15, 0.2) is 35.6 Å². The number of H-pyrrole nitrogens is 1. The monoisotopic (exact) mass is 473 g/mol. The van der Waals surface area contributed by atoms with Gasteiger partial charge in [0.05, 0.1) is 18.8 Å². The predicted molar refractivity (Wildman–Crippen MR) is 135 cm³/mol. The summed E-state index contributed by atoms with van der Waals surface area (Å²) in [5, 5.41) is 3.89. The molecule has 1 N–H and O–H groups in total. The van der Waals surface area contributed by atoms with E-state index in [2.05, 4.69) is 39.9 Å². The Bertz CT molecular complexity index is 1300. The summed E-state index contributed by atoms with van der Waals surface area (Å²) < 4.78 is 5.51. The maximum absolute atomic E-state index is 13.6. The Kier molecular flexibility index (Phi) is 5.45. The first-order valence-corrected chi connectivity index (χ1v) is 12.5. The molecule has 2 saturated heterocycles. The molecule has 0 radical (unpaired) electrons. The number of rotatable bonds is 4. The first-order chi connectivity index (χ1) is 17.0. The number of hydrogen-bond donors (Lipinski definition) is 1. The molecule has 182 valence electrons. The number of benzene rings is 1. The Morgan fingerprint density at radius 3 is 2.66 bits per heavy atom. The highest BCUT2D eigenvalue weighted by Gasteiger charge is 2.40. The van der Waals surface area contributed by atoms with Gasteiger partial charge in [-0.25, -0.2) is 4.98 Å². The van der Waals surface area contributed by atoms with E-state index in [9.17, 15) is 9.70 Å². The van der Waals surface area contributed by atoms with Gasteiger partial charge in [-0.2, -0.15) is 4.91 Å². The summed E-state index contributed by atoms with van der Waals surface area (Å²) in [6.07, 6.45) is 4.01. The minimum Gasteiger partial charge on any atom is -0.379 e. The van der Waals surface area contributed by atoms with E-state index in [4.69, 9.17) is 9.72 Å². The molecule has 0 unspecified atom stereocenters. The molecule has 3 aliphatic rings. The lowest BCUT2D eigenvalue weighted by molar-refractivity contribution is 0.0115. The summed E-state index contributed by atoms with van der Waals surface area (Å²) in [7, 11) is 0. The molecule has 35 heavy (non-hydrogen) atoms. The van der Waals surface area contributed by atoms with Crippen LogP contribution in [0.4, 0.5) is 5.82 Å². The van der Waals surface area contributed by atoms with Gasteiger partial charge in [0.2, 0.25) is 0 Å². The second-order valence-electron chi connectivity index (χ2n) is 10.5. The zero-order chi connectivity index (χ0) is 24.2. The number of ketones is 1. The maximum Gasteiger partial charge on any atom is 0.197 e. The number of piperidine rings is 1. The Morgan fingerprint density at radius 2 is 1.91 bits per heavy atom. The van der Waals surface area contributed by atoms with Gasteiger partial charge in [-0.3, -0.25) is 9.69 Å². The lowest BCUT2D eigenvalue weighted by atomic mass is 9.72. The van der Waals surface area contributed by atoms with Gasteiger partial charge in [0.15, 0.2) is 5.78 Å². The third-order valence-electron chi connectivity index (χ3n) is 8.12. The SMILES string of the molecule is CC1(C)c2cc(N3CCC(N4CCOCC4)CC3)ncc2C(=O)c2c1[nH]c1cc(CN=O)ccc21. The smallest absolute Gasteiger partial charge is 0.197 e. The fourth-order valence-electron chi connectivity index (χ4n) is 6.11. The molecule has 1 aliphatic carbocycles. The molecule has 3 aromatic rings. The van der Waals surface area contributed by atoms with E-state index in [0.29, 0.717) is 17.2 Å². The molecule has 0 saturated carbocycles. The molecule has 0 bridgehead atoms. The van der Waals surface area contributed by atoms with E-state index in [1.807, 2.05) is 18.2 Å². The van der Waals surface area contributed by atoms with Crippen LogP contribution in [-0.2, 0) is 16.7 Å². The number of ether oxygens (including phenoxy) is 1. The Hall–Kier alpha value is -3.10. The molecular formula is C27H31N5O3. The van der Waals surface area contributed by atoms with Crippen LogP contribution in [0, 0.1) is 4.91 Å². The second-order valence-corrected chi connectivity index (χ2v) is 10.5. The molecule has 2 aromatic heterocycles. The number of carbonyl (C=O) groups is 1. The largest absolute Gasteiger partial charge is 0.379 e. The Morgan fingerprint density at radius 1 is 1.14 bits per heavy atom. The van der Waals surface area contributed by atoms with Crippen LogP contribution in [0.2, 0.25) is 0 Å². The number of anilines is 1. The summed E-state index contributed by atoms with van der Waals surface area (Å²) in [4.78, 5) is 37.6. The van der Waals surface area contributed by atoms with Gasteiger partial charge in [0.25, 0.3) is 0 Å². The molecular weight excluding hydrogens is 442 g/mol. The number of morpholine rings is 1. The van der Waals surface area contributed by atoms with E-state index in [1.165, 1.54) is 0 Å². The van der Waals surface area contributed by atoms with Crippen LogP contribution < -0.4 is 4.90 Å². The van der Waals surface area contributed by atoms with E-state index in [0.717, 1.165) is 85.8 Å². The standard InChI is InChI=1S/C27H31N5O3/c1-27(2)21-14-23(32-7-5-18(6-8-32)31-9-11-35-12-10-31)28-16-20(21)25(33)24-19-4-3-17(15-29-34)13-22(19)30-26(24)27/h3-4,13-14,16,18,30H,5-12,15H2,1-2H3. The maximum atomic E-state index is 13.6. The average molecular weight is 474 g/mol. The van der Waals surface area contributed by atoms with Gasteiger partial charge < -0.3 is 14.6 Å². The lowest BCUT2D eigenvalue weighted by Gasteiger charge is -2.41. The van der Waals surface area contributed by atoms with Crippen molar-refractivity contribution in [3.8, 4) is 0 Å². The normalized spacial score (nSPS) is 20.6. The van der Waals surface area contributed by atoms with Crippen LogP contribution in [-0.4, -0.2) is 66.1 Å². The van der Waals surface area contributed by atoms with Crippen molar-refractivity contribution >= 4 is 22.5 Å². The molecule has 8 heteroatoms. The molecule has 8 nitrogen and oxygen atoms in total. The predicted octanol–water partition coefficient (Wildman–Crippen LogP) is 4.00. The molecule has 2 aliphatic heterocycles. The summed E-state index contributed by atoms with van der Waals surface area (Å²) >= 11 is 0. The highest BCUT2D eigenvalue weighted by Crippen LogP contribution is 2.44. The van der Waals surface area contributed by atoms with Crippen molar-refractivity contribution < 1.29 is 9.53 Å². The van der Waals surface area contributed by atoms with Crippen molar-refractivity contribution in [1.82, 2.24) is 14.9 Å². The number of nitrogens with zero attached hydrogens (tertiary/aromatic N) is 4. The number of nitroso groups, excluding NO2 is 1. The van der Waals surface area contributed by atoms with Gasteiger partial charge in [0.1, 0.15) is 12.4 Å². The quantitative estimate of drug-likeness (QED) is 0.576. The second kappa shape index (κ2) is 8.53. The van der Waals surface area contributed by atoms with Crippen molar-refractivity contribution in [3.05, 3.63) is 63.3 Å². The number of pyridine rings is 1. The van der Waals surface area contributed by atoms with Gasteiger partial charge in [-0.05, 0) is 36.1 Å². The van der Waals surface area contributed by atoms with E-state index in [1.54, 1.807) is 6.20 Å². The minimum absolute atomic E-state index is 0.00640. The molecule has 0 spiro atoms. The van der Waals surface area contributed by atoms with Crippen molar-refractivity contribution in [3.63, 3.8) is 0 Å². The molecule has 0 atom stereocenters. The highest BCUT2D eigenvalue weighted by atomic mass is 16.5. The third kappa shape index (κ3) is 3.67. The fraction of sp³-hybridized carbons (Fsp3) is 0.481. The van der Waals surface area contributed by atoms with Gasteiger partial charge in [0, 0.05) is 66.0 Å². The van der Waals surface area contributed by atoms with E-state index >= 15 is 0 Å². The topological polar surface area (TPSA) is 90.9 Å². The first-order valence-electron chi connectivity index (χ1n) is 12.5. The number of fused-ring (bicyclic) bond motifs is 4. The number of nitrogens with one attached hydrogen (secondary N) is 1. The van der Waals surface area contributed by atoms with Crippen LogP contribution >= 0.6 is 0 Å². The number of aromatic nitrogens is 2. The van der Waals surface area contributed by atoms with Crippen LogP contribution in [0.25, 0.3) is 10.9 Å². The van der Waals surface area contributed by atoms with Crippen LogP contribution in [0.1, 0.15) is 59.4 Å². The zero-order valence-corrected chi connectivity index (χ0v) is 20.3. The summed E-state index contributed by atoms with van der Waals surface area (Å²) in [5.74, 6) is 0.955.